The smallest absolute Gasteiger partial charge is 0.289 e. The maximum atomic E-state index is 12.7. The van der Waals surface area contributed by atoms with Crippen molar-refractivity contribution in [2.24, 2.45) is 0 Å². The van der Waals surface area contributed by atoms with Crippen molar-refractivity contribution in [2.45, 2.75) is 26.4 Å². The number of rotatable bonds is 9. The van der Waals surface area contributed by atoms with Crippen molar-refractivity contribution in [3.8, 4) is 16.3 Å². The second kappa shape index (κ2) is 10.6. The summed E-state index contributed by atoms with van der Waals surface area (Å²) in [5.74, 6) is 0.464. The van der Waals surface area contributed by atoms with Crippen LogP contribution >= 0.6 is 11.3 Å². The van der Waals surface area contributed by atoms with Gasteiger partial charge in [0.2, 0.25) is 0 Å². The number of thiazole rings is 1. The lowest BCUT2D eigenvalue weighted by molar-refractivity contribution is 0.0958. The molecule has 0 spiro atoms. The molecular weight excluding hydrogens is 418 g/mol. The second-order valence-corrected chi connectivity index (χ2v) is 8.15. The van der Waals surface area contributed by atoms with Gasteiger partial charge in [-0.05, 0) is 35.7 Å². The van der Waals surface area contributed by atoms with E-state index in [1.165, 1.54) is 16.9 Å². The minimum Gasteiger partial charge on any atom is -0.488 e. The monoisotopic (exact) mass is 443 g/mol. The van der Waals surface area contributed by atoms with E-state index in [0.29, 0.717) is 12.3 Å². The first-order valence-electron chi connectivity index (χ1n) is 10.6. The molecule has 32 heavy (non-hydrogen) atoms. The zero-order valence-electron chi connectivity index (χ0n) is 17.9. The highest BCUT2D eigenvalue weighted by atomic mass is 32.1. The summed E-state index contributed by atoms with van der Waals surface area (Å²) in [5, 5.41) is 2.50. The zero-order valence-corrected chi connectivity index (χ0v) is 18.7. The fraction of sp³-hybridized carbons (Fsp3) is 0.154. The lowest BCUT2D eigenvalue weighted by atomic mass is 10.1. The first kappa shape index (κ1) is 21.6. The van der Waals surface area contributed by atoms with E-state index in [-0.39, 0.29) is 5.91 Å². The lowest BCUT2D eigenvalue weighted by Crippen LogP contribution is -2.30. The highest BCUT2D eigenvalue weighted by Crippen LogP contribution is 2.32. The second-order valence-electron chi connectivity index (χ2n) is 7.29. The molecule has 1 heterocycles. The van der Waals surface area contributed by atoms with E-state index in [4.69, 9.17) is 4.74 Å². The number of hydrazine groups is 1. The van der Waals surface area contributed by atoms with Crippen LogP contribution in [0.5, 0.6) is 5.75 Å². The molecule has 2 N–H and O–H groups in total. The number of hydrogen-bond acceptors (Lipinski definition) is 5. The first-order valence-corrected chi connectivity index (χ1v) is 11.5. The molecule has 0 aliphatic carbocycles. The SMILES string of the molecule is CCCc1ccccc1NNC(=O)c1csc(-c2ccccc2OCc2ccccc2)n1. The van der Waals surface area contributed by atoms with Crippen molar-refractivity contribution in [2.75, 3.05) is 5.43 Å². The number of hydrogen-bond donors (Lipinski definition) is 2. The zero-order chi connectivity index (χ0) is 22.2. The fourth-order valence-corrected chi connectivity index (χ4v) is 4.15. The molecule has 6 heteroatoms. The molecular formula is C26H25N3O2S. The van der Waals surface area contributed by atoms with Crippen molar-refractivity contribution in [3.63, 3.8) is 0 Å². The Morgan fingerprint density at radius 2 is 1.72 bits per heavy atom. The lowest BCUT2D eigenvalue weighted by Gasteiger charge is -2.12. The molecule has 1 aromatic heterocycles. The van der Waals surface area contributed by atoms with Crippen molar-refractivity contribution >= 4 is 22.9 Å². The molecule has 0 fully saturated rings. The van der Waals surface area contributed by atoms with Crippen LogP contribution in [0.3, 0.4) is 0 Å². The Labute approximate surface area is 192 Å². The summed E-state index contributed by atoms with van der Waals surface area (Å²) in [6.45, 7) is 2.60. The number of aryl methyl sites for hydroxylation is 1. The van der Waals surface area contributed by atoms with Crippen LogP contribution in [0.4, 0.5) is 5.69 Å². The van der Waals surface area contributed by atoms with Crippen LogP contribution in [-0.4, -0.2) is 10.9 Å². The summed E-state index contributed by atoms with van der Waals surface area (Å²) in [5.41, 5.74) is 10.2. The number of carbonyl (C=O) groups is 1. The summed E-state index contributed by atoms with van der Waals surface area (Å²) in [4.78, 5) is 17.2. The number of amides is 1. The van der Waals surface area contributed by atoms with Crippen LogP contribution < -0.4 is 15.6 Å². The highest BCUT2D eigenvalue weighted by molar-refractivity contribution is 7.13. The molecule has 0 atom stereocenters. The number of anilines is 1. The Hall–Kier alpha value is -3.64. The molecule has 0 aliphatic rings. The van der Waals surface area contributed by atoms with E-state index in [1.807, 2.05) is 72.8 Å². The number of nitrogens with zero attached hydrogens (tertiary/aromatic N) is 1. The molecule has 0 radical (unpaired) electrons. The van der Waals surface area contributed by atoms with Crippen LogP contribution in [0.1, 0.15) is 35.0 Å². The number of nitrogens with one attached hydrogen (secondary N) is 2. The average Bonchev–Trinajstić information content (AvgIpc) is 3.33. The van der Waals surface area contributed by atoms with Gasteiger partial charge in [0, 0.05) is 5.38 Å². The van der Waals surface area contributed by atoms with Gasteiger partial charge in [0.15, 0.2) is 0 Å². The van der Waals surface area contributed by atoms with Gasteiger partial charge >= 0.3 is 0 Å². The molecule has 5 nitrogen and oxygen atoms in total. The van der Waals surface area contributed by atoms with Gasteiger partial charge in [-0.1, -0.05) is 74.0 Å². The van der Waals surface area contributed by atoms with Gasteiger partial charge < -0.3 is 4.74 Å². The molecule has 0 unspecified atom stereocenters. The number of para-hydroxylation sites is 2. The van der Waals surface area contributed by atoms with Crippen LogP contribution in [-0.2, 0) is 13.0 Å². The summed E-state index contributed by atoms with van der Waals surface area (Å²) in [6, 6.07) is 25.7. The van der Waals surface area contributed by atoms with E-state index in [1.54, 1.807) is 5.38 Å². The summed E-state index contributed by atoms with van der Waals surface area (Å²) in [7, 11) is 0. The molecule has 1 amide bonds. The van der Waals surface area contributed by atoms with Crippen LogP contribution in [0.25, 0.3) is 10.6 Å². The van der Waals surface area contributed by atoms with E-state index in [2.05, 4.69) is 28.8 Å². The maximum Gasteiger partial charge on any atom is 0.289 e. The van der Waals surface area contributed by atoms with E-state index in [0.717, 1.165) is 40.4 Å². The Morgan fingerprint density at radius 1 is 0.969 bits per heavy atom. The summed E-state index contributed by atoms with van der Waals surface area (Å²) < 4.78 is 6.04. The van der Waals surface area contributed by atoms with Gasteiger partial charge in [-0.15, -0.1) is 11.3 Å². The highest BCUT2D eigenvalue weighted by Gasteiger charge is 2.15. The molecule has 0 saturated heterocycles. The standard InChI is InChI=1S/C26H25N3O2S/c1-2-10-20-13-6-8-15-22(20)28-29-25(30)23-18-32-26(27-23)21-14-7-9-16-24(21)31-17-19-11-4-3-5-12-19/h3-9,11-16,18,28H,2,10,17H2,1H3,(H,29,30). The van der Waals surface area contributed by atoms with Crippen molar-refractivity contribution < 1.29 is 9.53 Å². The van der Waals surface area contributed by atoms with Gasteiger partial charge in [-0.2, -0.15) is 0 Å². The third-order valence-corrected chi connectivity index (χ3v) is 5.81. The minimum atomic E-state index is -0.276. The van der Waals surface area contributed by atoms with Crippen molar-refractivity contribution in [1.82, 2.24) is 10.4 Å². The van der Waals surface area contributed by atoms with Gasteiger partial charge in [0.05, 0.1) is 11.3 Å². The average molecular weight is 444 g/mol. The van der Waals surface area contributed by atoms with Crippen molar-refractivity contribution in [3.05, 3.63) is 101 Å². The minimum absolute atomic E-state index is 0.276. The molecule has 0 aliphatic heterocycles. The summed E-state index contributed by atoms with van der Waals surface area (Å²) >= 11 is 1.42. The Morgan fingerprint density at radius 3 is 2.56 bits per heavy atom. The quantitative estimate of drug-likeness (QED) is 0.307. The van der Waals surface area contributed by atoms with Gasteiger partial charge in [0.25, 0.3) is 5.91 Å². The number of carbonyl (C=O) groups excluding carboxylic acids is 1. The number of ether oxygens (including phenoxy) is 1. The molecule has 4 rings (SSSR count). The molecule has 3 aromatic carbocycles. The third-order valence-electron chi connectivity index (χ3n) is 4.94. The number of benzene rings is 3. The van der Waals surface area contributed by atoms with Gasteiger partial charge in [-0.3, -0.25) is 15.6 Å². The Bertz CT molecular complexity index is 1170. The third kappa shape index (κ3) is 5.34. The topological polar surface area (TPSA) is 63.2 Å². The number of aromatic nitrogens is 1. The van der Waals surface area contributed by atoms with E-state index < -0.39 is 0 Å². The fourth-order valence-electron chi connectivity index (χ4n) is 3.32. The molecule has 0 bridgehead atoms. The predicted molar refractivity (Wildman–Crippen MR) is 130 cm³/mol. The van der Waals surface area contributed by atoms with Gasteiger partial charge in [0.1, 0.15) is 23.1 Å². The maximum absolute atomic E-state index is 12.7. The molecule has 0 saturated carbocycles. The van der Waals surface area contributed by atoms with E-state index in [9.17, 15) is 4.79 Å². The van der Waals surface area contributed by atoms with Gasteiger partial charge in [-0.25, -0.2) is 4.98 Å². The normalized spacial score (nSPS) is 10.5. The first-order chi connectivity index (χ1) is 15.7. The van der Waals surface area contributed by atoms with E-state index >= 15 is 0 Å². The van der Waals surface area contributed by atoms with Crippen LogP contribution in [0, 0.1) is 0 Å². The largest absolute Gasteiger partial charge is 0.488 e. The Balaban J connectivity index is 1.44. The van der Waals surface area contributed by atoms with Crippen LogP contribution in [0.2, 0.25) is 0 Å². The summed E-state index contributed by atoms with van der Waals surface area (Å²) in [6.07, 6.45) is 1.98. The predicted octanol–water partition coefficient (Wildman–Crippen LogP) is 6.10. The van der Waals surface area contributed by atoms with Crippen molar-refractivity contribution in [1.29, 1.82) is 0 Å². The molecule has 162 valence electrons. The Kier molecular flexibility index (Phi) is 7.15. The van der Waals surface area contributed by atoms with Crippen LogP contribution in [0.15, 0.2) is 84.2 Å². The molecule has 4 aromatic rings.